The fraction of sp³-hybridized carbons (Fsp3) is 0.455. The molecule has 0 amide bonds. The summed E-state index contributed by atoms with van der Waals surface area (Å²) in [5.41, 5.74) is 2.55. The van der Waals surface area contributed by atoms with Gasteiger partial charge in [0.2, 0.25) is 0 Å². The molecule has 0 saturated carbocycles. The maximum atomic E-state index is 6.82. The van der Waals surface area contributed by atoms with Gasteiger partial charge in [-0.2, -0.15) is 0 Å². The van der Waals surface area contributed by atoms with Crippen LogP contribution in [0.15, 0.2) is 60.7 Å². The quantitative estimate of drug-likeness (QED) is 0.622. The second-order valence-electron chi connectivity index (χ2n) is 8.36. The van der Waals surface area contributed by atoms with Crippen molar-refractivity contribution in [3.63, 3.8) is 0 Å². The molecule has 2 aromatic rings. The third-order valence-corrected chi connectivity index (χ3v) is 9.74. The van der Waals surface area contributed by atoms with E-state index >= 15 is 0 Å². The topological polar surface area (TPSA) is 21.3 Å². The lowest BCUT2D eigenvalue weighted by Crippen LogP contribution is -2.45. The Balaban J connectivity index is 2.17. The molecular weight excluding hydrogens is 322 g/mol. The van der Waals surface area contributed by atoms with Gasteiger partial charge in [-0.15, -0.1) is 0 Å². The second-order valence-corrected chi connectivity index (χ2v) is 13.1. The molecule has 0 radical (unpaired) electrons. The first-order valence-corrected chi connectivity index (χ1v) is 12.1. The van der Waals surface area contributed by atoms with Gasteiger partial charge in [-0.05, 0) is 36.2 Å². The van der Waals surface area contributed by atoms with E-state index in [4.69, 9.17) is 4.43 Å². The standard InChI is InChI=1S/C22H33NOSi/c1-18(23-17-19-13-9-7-10-14-19)21(20-15-11-8-12-16-20)24-25(5,6)22(2,3)4/h7-16,18,21,23H,17H2,1-6H3/t18-,21-/m0/s1. The molecule has 0 fully saturated rings. The Labute approximate surface area is 154 Å². The van der Waals surface area contributed by atoms with Crippen LogP contribution in [-0.2, 0) is 11.0 Å². The summed E-state index contributed by atoms with van der Waals surface area (Å²) in [6.45, 7) is 14.6. The summed E-state index contributed by atoms with van der Waals surface area (Å²) in [4.78, 5) is 0. The van der Waals surface area contributed by atoms with Crippen LogP contribution < -0.4 is 5.32 Å². The Kier molecular flexibility index (Phi) is 6.61. The fourth-order valence-electron chi connectivity index (χ4n) is 2.58. The molecule has 0 bridgehead atoms. The molecular formula is C22H33NOSi. The molecule has 0 saturated heterocycles. The number of benzene rings is 2. The van der Waals surface area contributed by atoms with Crippen molar-refractivity contribution in [1.82, 2.24) is 5.32 Å². The van der Waals surface area contributed by atoms with E-state index in [1.807, 2.05) is 0 Å². The van der Waals surface area contributed by atoms with Crippen LogP contribution in [0.25, 0.3) is 0 Å². The van der Waals surface area contributed by atoms with E-state index < -0.39 is 8.32 Å². The SMILES string of the molecule is C[C@H](NCc1ccccc1)[C@H](O[Si](C)(C)C(C)(C)C)c1ccccc1. The van der Waals surface area contributed by atoms with Crippen LogP contribution in [0.4, 0.5) is 0 Å². The van der Waals surface area contributed by atoms with Crippen LogP contribution in [-0.4, -0.2) is 14.4 Å². The molecule has 0 heterocycles. The van der Waals surface area contributed by atoms with Gasteiger partial charge in [0.1, 0.15) is 0 Å². The third-order valence-electron chi connectivity index (χ3n) is 5.28. The lowest BCUT2D eigenvalue weighted by atomic mass is 10.0. The van der Waals surface area contributed by atoms with Crippen LogP contribution in [0, 0.1) is 0 Å². The van der Waals surface area contributed by atoms with Crippen LogP contribution in [0.3, 0.4) is 0 Å². The van der Waals surface area contributed by atoms with Crippen molar-refractivity contribution in [1.29, 1.82) is 0 Å². The van der Waals surface area contributed by atoms with Crippen LogP contribution in [0.1, 0.15) is 44.9 Å². The van der Waals surface area contributed by atoms with E-state index in [9.17, 15) is 0 Å². The highest BCUT2D eigenvalue weighted by atomic mass is 28.4. The number of hydrogen-bond donors (Lipinski definition) is 1. The summed E-state index contributed by atoms with van der Waals surface area (Å²) in [5, 5.41) is 3.86. The zero-order chi connectivity index (χ0) is 18.5. The minimum atomic E-state index is -1.86. The molecule has 1 N–H and O–H groups in total. The maximum absolute atomic E-state index is 6.82. The first-order chi connectivity index (χ1) is 11.7. The number of hydrogen-bond acceptors (Lipinski definition) is 2. The van der Waals surface area contributed by atoms with Gasteiger partial charge >= 0.3 is 0 Å². The van der Waals surface area contributed by atoms with Gasteiger partial charge in [0.05, 0.1) is 6.10 Å². The molecule has 0 aliphatic heterocycles. The molecule has 0 spiro atoms. The van der Waals surface area contributed by atoms with E-state index in [-0.39, 0.29) is 17.2 Å². The molecule has 2 aromatic carbocycles. The first kappa shape index (κ1) is 19.9. The summed E-state index contributed by atoms with van der Waals surface area (Å²) in [6, 6.07) is 21.4. The normalized spacial score (nSPS) is 15.0. The predicted molar refractivity (Wildman–Crippen MR) is 110 cm³/mol. The highest BCUT2D eigenvalue weighted by Crippen LogP contribution is 2.40. The Morgan fingerprint density at radius 1 is 0.920 bits per heavy atom. The third kappa shape index (κ3) is 5.53. The molecule has 3 heteroatoms. The minimum Gasteiger partial charge on any atom is -0.408 e. The molecule has 2 rings (SSSR count). The van der Waals surface area contributed by atoms with Gasteiger partial charge in [0.25, 0.3) is 0 Å². The van der Waals surface area contributed by atoms with Gasteiger partial charge in [-0.1, -0.05) is 81.4 Å². The Morgan fingerprint density at radius 3 is 1.96 bits per heavy atom. The summed E-state index contributed by atoms with van der Waals surface area (Å²) in [6.07, 6.45) is 0.0609. The lowest BCUT2D eigenvalue weighted by molar-refractivity contribution is 0.143. The van der Waals surface area contributed by atoms with E-state index in [1.54, 1.807) is 0 Å². The first-order valence-electron chi connectivity index (χ1n) is 9.21. The van der Waals surface area contributed by atoms with Crippen molar-refractivity contribution in [3.8, 4) is 0 Å². The highest BCUT2D eigenvalue weighted by Gasteiger charge is 2.40. The Bertz CT molecular complexity index is 634. The van der Waals surface area contributed by atoms with Gasteiger partial charge in [-0.3, -0.25) is 0 Å². The van der Waals surface area contributed by atoms with Crippen LogP contribution >= 0.6 is 0 Å². The smallest absolute Gasteiger partial charge is 0.192 e. The Morgan fingerprint density at radius 2 is 1.44 bits per heavy atom. The molecule has 0 unspecified atom stereocenters. The summed E-state index contributed by atoms with van der Waals surface area (Å²) >= 11 is 0. The average molecular weight is 356 g/mol. The maximum Gasteiger partial charge on any atom is 0.192 e. The van der Waals surface area contributed by atoms with E-state index in [1.165, 1.54) is 11.1 Å². The van der Waals surface area contributed by atoms with Crippen LogP contribution in [0.2, 0.25) is 18.1 Å². The molecule has 0 aromatic heterocycles. The average Bonchev–Trinajstić information content (AvgIpc) is 2.58. The predicted octanol–water partition coefficient (Wildman–Crippen LogP) is 5.93. The zero-order valence-corrected chi connectivity index (χ0v) is 17.5. The number of rotatable bonds is 7. The molecule has 0 aliphatic carbocycles. The zero-order valence-electron chi connectivity index (χ0n) is 16.5. The molecule has 0 aliphatic rings. The van der Waals surface area contributed by atoms with Gasteiger partial charge in [-0.25, -0.2) is 0 Å². The van der Waals surface area contributed by atoms with Crippen molar-refractivity contribution in [3.05, 3.63) is 71.8 Å². The van der Waals surface area contributed by atoms with Gasteiger partial charge < -0.3 is 9.74 Å². The lowest BCUT2D eigenvalue weighted by Gasteiger charge is -2.41. The van der Waals surface area contributed by atoms with Crippen LogP contribution in [0.5, 0.6) is 0 Å². The monoisotopic (exact) mass is 355 g/mol. The second kappa shape index (κ2) is 8.30. The van der Waals surface area contributed by atoms with Crippen molar-refractivity contribution in [2.45, 2.75) is 64.5 Å². The highest BCUT2D eigenvalue weighted by molar-refractivity contribution is 6.74. The minimum absolute atomic E-state index is 0.0609. The van der Waals surface area contributed by atoms with Crippen molar-refractivity contribution >= 4 is 8.32 Å². The summed E-state index contributed by atoms with van der Waals surface area (Å²) in [5.74, 6) is 0. The van der Waals surface area contributed by atoms with E-state index in [2.05, 4.69) is 107 Å². The van der Waals surface area contributed by atoms with Gasteiger partial charge in [0, 0.05) is 12.6 Å². The van der Waals surface area contributed by atoms with Crippen molar-refractivity contribution in [2.24, 2.45) is 0 Å². The molecule has 2 atom stereocenters. The van der Waals surface area contributed by atoms with Crippen molar-refractivity contribution < 1.29 is 4.43 Å². The molecule has 2 nitrogen and oxygen atoms in total. The van der Waals surface area contributed by atoms with Crippen molar-refractivity contribution in [2.75, 3.05) is 0 Å². The van der Waals surface area contributed by atoms with E-state index in [0.717, 1.165) is 6.54 Å². The Hall–Kier alpha value is -1.42. The summed E-state index contributed by atoms with van der Waals surface area (Å²) in [7, 11) is -1.86. The molecule has 25 heavy (non-hydrogen) atoms. The van der Waals surface area contributed by atoms with E-state index in [0.29, 0.717) is 0 Å². The number of nitrogens with one attached hydrogen (secondary N) is 1. The fourth-order valence-corrected chi connectivity index (χ4v) is 3.91. The van der Waals surface area contributed by atoms with Gasteiger partial charge in [0.15, 0.2) is 8.32 Å². The largest absolute Gasteiger partial charge is 0.408 e. The summed E-state index contributed by atoms with van der Waals surface area (Å²) < 4.78 is 6.82. The molecule has 136 valence electrons.